The second kappa shape index (κ2) is 6.80. The molecule has 22 heavy (non-hydrogen) atoms. The average molecular weight is 301 g/mol. The van der Waals surface area contributed by atoms with Crippen LogP contribution in [0.1, 0.15) is 36.0 Å². The van der Waals surface area contributed by atoms with Gasteiger partial charge in [-0.3, -0.25) is 9.69 Å². The summed E-state index contributed by atoms with van der Waals surface area (Å²) in [6, 6.07) is 6.68. The zero-order chi connectivity index (χ0) is 15.5. The molecule has 1 amide bonds. The van der Waals surface area contributed by atoms with E-state index < -0.39 is 0 Å². The maximum Gasteiger partial charge on any atom is 0.225 e. The SMILES string of the molecule is CN1Cc2ccc(CN(C)C(=O)C3CCCNCC3)cc2C1. The fourth-order valence-corrected chi connectivity index (χ4v) is 3.65. The summed E-state index contributed by atoms with van der Waals surface area (Å²) in [5.74, 6) is 0.502. The minimum Gasteiger partial charge on any atom is -0.341 e. The van der Waals surface area contributed by atoms with Crippen LogP contribution in [0.15, 0.2) is 18.2 Å². The quantitative estimate of drug-likeness (QED) is 0.927. The van der Waals surface area contributed by atoms with Crippen LogP contribution >= 0.6 is 0 Å². The Labute approximate surface area is 133 Å². The number of nitrogens with one attached hydrogen (secondary N) is 1. The number of hydrogen-bond donors (Lipinski definition) is 1. The number of carbonyl (C=O) groups is 1. The lowest BCUT2D eigenvalue weighted by atomic mass is 9.98. The zero-order valence-electron chi connectivity index (χ0n) is 13.8. The minimum absolute atomic E-state index is 0.195. The molecular weight excluding hydrogens is 274 g/mol. The van der Waals surface area contributed by atoms with Crippen molar-refractivity contribution in [3.63, 3.8) is 0 Å². The van der Waals surface area contributed by atoms with Crippen molar-refractivity contribution in [2.24, 2.45) is 5.92 Å². The van der Waals surface area contributed by atoms with Crippen LogP contribution in [0.4, 0.5) is 0 Å². The van der Waals surface area contributed by atoms with E-state index in [0.29, 0.717) is 5.91 Å². The van der Waals surface area contributed by atoms with E-state index in [9.17, 15) is 4.79 Å². The molecule has 0 aromatic heterocycles. The molecule has 1 N–H and O–H groups in total. The molecule has 1 atom stereocenters. The van der Waals surface area contributed by atoms with Crippen LogP contribution in [0.2, 0.25) is 0 Å². The van der Waals surface area contributed by atoms with Crippen molar-refractivity contribution in [3.05, 3.63) is 34.9 Å². The Hall–Kier alpha value is -1.39. The van der Waals surface area contributed by atoms with Crippen molar-refractivity contribution in [2.75, 3.05) is 27.2 Å². The first-order chi connectivity index (χ1) is 10.6. The Morgan fingerprint density at radius 1 is 1.27 bits per heavy atom. The predicted octanol–water partition coefficient (Wildman–Crippen LogP) is 1.98. The molecule has 1 fully saturated rings. The molecular formula is C18H27N3O. The van der Waals surface area contributed by atoms with Gasteiger partial charge in [-0.25, -0.2) is 0 Å². The van der Waals surface area contributed by atoms with Gasteiger partial charge in [-0.1, -0.05) is 18.2 Å². The lowest BCUT2D eigenvalue weighted by Gasteiger charge is -2.23. The fourth-order valence-electron chi connectivity index (χ4n) is 3.65. The molecule has 1 unspecified atom stereocenters. The summed E-state index contributed by atoms with van der Waals surface area (Å²) in [4.78, 5) is 16.9. The average Bonchev–Trinajstić information content (AvgIpc) is 2.71. The van der Waals surface area contributed by atoms with Crippen LogP contribution in [0, 0.1) is 5.92 Å². The highest BCUT2D eigenvalue weighted by Gasteiger charge is 2.23. The fraction of sp³-hybridized carbons (Fsp3) is 0.611. The number of rotatable bonds is 3. The van der Waals surface area contributed by atoms with Gasteiger partial charge >= 0.3 is 0 Å². The lowest BCUT2D eigenvalue weighted by molar-refractivity contribution is -0.135. The summed E-state index contributed by atoms with van der Waals surface area (Å²) in [6.07, 6.45) is 3.10. The molecule has 1 saturated heterocycles. The zero-order valence-corrected chi connectivity index (χ0v) is 13.8. The summed E-state index contributed by atoms with van der Waals surface area (Å²) >= 11 is 0. The maximum atomic E-state index is 12.6. The topological polar surface area (TPSA) is 35.6 Å². The smallest absolute Gasteiger partial charge is 0.225 e. The second-order valence-corrected chi connectivity index (χ2v) is 6.85. The van der Waals surface area contributed by atoms with E-state index in [4.69, 9.17) is 0 Å². The van der Waals surface area contributed by atoms with E-state index in [-0.39, 0.29) is 5.92 Å². The molecule has 1 aromatic rings. The van der Waals surface area contributed by atoms with Crippen LogP contribution in [-0.2, 0) is 24.4 Å². The Morgan fingerprint density at radius 3 is 2.95 bits per heavy atom. The standard InChI is InChI=1S/C18H27N3O/c1-20-12-16-6-5-14(10-17(16)13-20)11-21(2)18(22)15-4-3-8-19-9-7-15/h5-6,10,15,19H,3-4,7-9,11-13H2,1-2H3. The van der Waals surface area contributed by atoms with Crippen molar-refractivity contribution in [1.29, 1.82) is 0 Å². The summed E-state index contributed by atoms with van der Waals surface area (Å²) in [5.41, 5.74) is 4.09. The Kier molecular flexibility index (Phi) is 4.79. The molecule has 0 saturated carbocycles. The monoisotopic (exact) mass is 301 g/mol. The van der Waals surface area contributed by atoms with Gasteiger partial charge in [-0.2, -0.15) is 0 Å². The van der Waals surface area contributed by atoms with E-state index in [2.05, 4.69) is 35.5 Å². The molecule has 0 aliphatic carbocycles. The van der Waals surface area contributed by atoms with Gasteiger partial charge in [0.15, 0.2) is 0 Å². The van der Waals surface area contributed by atoms with Crippen molar-refractivity contribution < 1.29 is 4.79 Å². The molecule has 0 spiro atoms. The minimum atomic E-state index is 0.195. The third-order valence-corrected chi connectivity index (χ3v) is 4.87. The summed E-state index contributed by atoms with van der Waals surface area (Å²) in [7, 11) is 4.09. The van der Waals surface area contributed by atoms with Crippen LogP contribution in [0.5, 0.6) is 0 Å². The number of carbonyl (C=O) groups excluding carboxylic acids is 1. The first-order valence-corrected chi connectivity index (χ1v) is 8.38. The van der Waals surface area contributed by atoms with E-state index >= 15 is 0 Å². The molecule has 4 heteroatoms. The Morgan fingerprint density at radius 2 is 2.09 bits per heavy atom. The highest BCUT2D eigenvalue weighted by Crippen LogP contribution is 2.23. The molecule has 2 aliphatic heterocycles. The normalized spacial score (nSPS) is 22.2. The molecule has 4 nitrogen and oxygen atoms in total. The van der Waals surface area contributed by atoms with E-state index in [0.717, 1.165) is 52.0 Å². The first-order valence-electron chi connectivity index (χ1n) is 8.38. The number of nitrogens with zero attached hydrogens (tertiary/aromatic N) is 2. The predicted molar refractivity (Wildman–Crippen MR) is 88.3 cm³/mol. The number of hydrogen-bond acceptors (Lipinski definition) is 3. The van der Waals surface area contributed by atoms with Gasteiger partial charge in [0.1, 0.15) is 0 Å². The summed E-state index contributed by atoms with van der Waals surface area (Å²) in [6.45, 7) is 4.80. The van der Waals surface area contributed by atoms with Gasteiger partial charge in [0, 0.05) is 32.6 Å². The molecule has 0 radical (unpaired) electrons. The Balaban J connectivity index is 1.62. The van der Waals surface area contributed by atoms with E-state index in [1.54, 1.807) is 0 Å². The lowest BCUT2D eigenvalue weighted by Crippen LogP contribution is -2.33. The van der Waals surface area contributed by atoms with Crippen molar-refractivity contribution in [3.8, 4) is 0 Å². The van der Waals surface area contributed by atoms with Crippen LogP contribution < -0.4 is 5.32 Å². The second-order valence-electron chi connectivity index (χ2n) is 6.85. The van der Waals surface area contributed by atoms with Crippen molar-refractivity contribution in [2.45, 2.75) is 38.9 Å². The number of benzene rings is 1. The van der Waals surface area contributed by atoms with Crippen molar-refractivity contribution in [1.82, 2.24) is 15.1 Å². The van der Waals surface area contributed by atoms with Gasteiger partial charge in [0.05, 0.1) is 0 Å². The third-order valence-electron chi connectivity index (χ3n) is 4.87. The molecule has 2 heterocycles. The van der Waals surface area contributed by atoms with Gasteiger partial charge in [-0.05, 0) is 56.1 Å². The highest BCUT2D eigenvalue weighted by molar-refractivity contribution is 5.78. The molecule has 2 aliphatic rings. The molecule has 1 aromatic carbocycles. The van der Waals surface area contributed by atoms with E-state index in [1.807, 2.05) is 11.9 Å². The van der Waals surface area contributed by atoms with Gasteiger partial charge in [-0.15, -0.1) is 0 Å². The molecule has 120 valence electrons. The largest absolute Gasteiger partial charge is 0.341 e. The van der Waals surface area contributed by atoms with E-state index in [1.165, 1.54) is 16.7 Å². The number of amides is 1. The Bertz CT molecular complexity index is 535. The maximum absolute atomic E-state index is 12.6. The van der Waals surface area contributed by atoms with Gasteiger partial charge in [0.2, 0.25) is 5.91 Å². The van der Waals surface area contributed by atoms with Gasteiger partial charge in [0.25, 0.3) is 0 Å². The van der Waals surface area contributed by atoms with Crippen molar-refractivity contribution >= 4 is 5.91 Å². The van der Waals surface area contributed by atoms with Gasteiger partial charge < -0.3 is 10.2 Å². The van der Waals surface area contributed by atoms with Crippen LogP contribution in [0.25, 0.3) is 0 Å². The summed E-state index contributed by atoms with van der Waals surface area (Å²) < 4.78 is 0. The third kappa shape index (κ3) is 3.50. The molecule has 0 bridgehead atoms. The van der Waals surface area contributed by atoms with Crippen LogP contribution in [0.3, 0.4) is 0 Å². The highest BCUT2D eigenvalue weighted by atomic mass is 16.2. The van der Waals surface area contributed by atoms with Crippen LogP contribution in [-0.4, -0.2) is 42.9 Å². The molecule has 3 rings (SSSR count). The first kappa shape index (κ1) is 15.5. The number of fused-ring (bicyclic) bond motifs is 1. The summed E-state index contributed by atoms with van der Waals surface area (Å²) in [5, 5.41) is 3.38.